The fourth-order valence-corrected chi connectivity index (χ4v) is 3.85. The molecule has 26 heavy (non-hydrogen) atoms. The molecule has 2 rings (SSSR count). The van der Waals surface area contributed by atoms with Crippen molar-refractivity contribution in [2.24, 2.45) is 0 Å². The molecule has 0 bridgehead atoms. The zero-order chi connectivity index (χ0) is 19.3. The second-order valence-electron chi connectivity index (χ2n) is 6.67. The molecule has 2 aromatic rings. The molecule has 0 aliphatic rings. The summed E-state index contributed by atoms with van der Waals surface area (Å²) in [5, 5.41) is 29.1. The minimum absolute atomic E-state index is 0.0261. The average Bonchev–Trinajstić information content (AvgIpc) is 2.97. The predicted octanol–water partition coefficient (Wildman–Crippen LogP) is 3.59. The highest BCUT2D eigenvalue weighted by Gasteiger charge is 2.19. The van der Waals surface area contributed by atoms with Crippen molar-refractivity contribution >= 4 is 17.3 Å². The number of carboxylic acids is 1. The molecule has 1 aromatic heterocycles. The summed E-state index contributed by atoms with van der Waals surface area (Å²) in [7, 11) is 0. The van der Waals surface area contributed by atoms with Gasteiger partial charge in [0.2, 0.25) is 0 Å². The van der Waals surface area contributed by atoms with Crippen molar-refractivity contribution < 1.29 is 24.5 Å². The Hall–Kier alpha value is -1.83. The van der Waals surface area contributed by atoms with Crippen molar-refractivity contribution in [2.75, 3.05) is 0 Å². The van der Waals surface area contributed by atoms with Crippen LogP contribution in [0, 0.1) is 5.82 Å². The van der Waals surface area contributed by atoms with Crippen LogP contribution in [0.5, 0.6) is 0 Å². The summed E-state index contributed by atoms with van der Waals surface area (Å²) in [5.74, 6) is -1.11. The Morgan fingerprint density at radius 1 is 1.19 bits per heavy atom. The standard InChI is InChI=1S/C19H24FNO4S/c1-11(2)18-16(8-7-14(22)9-15(23)10-17(24)25)21-19(26-18)12-3-5-13(20)6-4-12/h3-6,11,14-15,22-23H,7-10H2,1-2H3,(H,24,25)/t14-,15-/m0/s1. The van der Waals surface area contributed by atoms with Crippen LogP contribution in [0.15, 0.2) is 24.3 Å². The second-order valence-corrected chi connectivity index (χ2v) is 7.70. The van der Waals surface area contributed by atoms with Gasteiger partial charge in [0, 0.05) is 10.4 Å². The van der Waals surface area contributed by atoms with Crippen molar-refractivity contribution in [3.05, 3.63) is 40.7 Å². The van der Waals surface area contributed by atoms with Crippen LogP contribution >= 0.6 is 11.3 Å². The van der Waals surface area contributed by atoms with Gasteiger partial charge in [-0.25, -0.2) is 9.37 Å². The highest BCUT2D eigenvalue weighted by atomic mass is 32.1. The molecule has 0 saturated carbocycles. The minimum atomic E-state index is -1.09. The fraction of sp³-hybridized carbons (Fsp3) is 0.474. The zero-order valence-electron chi connectivity index (χ0n) is 14.9. The Labute approximate surface area is 156 Å². The maximum atomic E-state index is 13.1. The monoisotopic (exact) mass is 381 g/mol. The molecule has 1 aromatic carbocycles. The minimum Gasteiger partial charge on any atom is -0.481 e. The van der Waals surface area contributed by atoms with Crippen LogP contribution in [0.1, 0.15) is 49.6 Å². The van der Waals surface area contributed by atoms with Crippen LogP contribution in [0.4, 0.5) is 4.39 Å². The van der Waals surface area contributed by atoms with Crippen LogP contribution < -0.4 is 0 Å². The Balaban J connectivity index is 2.06. The predicted molar refractivity (Wildman–Crippen MR) is 98.8 cm³/mol. The lowest BCUT2D eigenvalue weighted by Crippen LogP contribution is -2.21. The normalized spacial score (nSPS) is 13.8. The third-order valence-corrected chi connectivity index (χ3v) is 5.46. The maximum Gasteiger partial charge on any atom is 0.305 e. The third kappa shape index (κ3) is 5.86. The second kappa shape index (κ2) is 9.21. The quantitative estimate of drug-likeness (QED) is 0.617. The van der Waals surface area contributed by atoms with E-state index < -0.39 is 18.2 Å². The Bertz CT molecular complexity index is 730. The first kappa shape index (κ1) is 20.5. The van der Waals surface area contributed by atoms with Gasteiger partial charge in [-0.05, 0) is 49.4 Å². The first-order chi connectivity index (χ1) is 12.3. The van der Waals surface area contributed by atoms with Gasteiger partial charge < -0.3 is 15.3 Å². The molecule has 0 saturated heterocycles. The van der Waals surface area contributed by atoms with Crippen LogP contribution in [-0.2, 0) is 11.2 Å². The molecule has 0 spiro atoms. The lowest BCUT2D eigenvalue weighted by molar-refractivity contribution is -0.139. The van der Waals surface area contributed by atoms with Crippen LogP contribution in [0.2, 0.25) is 0 Å². The van der Waals surface area contributed by atoms with Crippen molar-refractivity contribution in [2.45, 2.75) is 57.7 Å². The van der Waals surface area contributed by atoms with Crippen LogP contribution in [0.3, 0.4) is 0 Å². The van der Waals surface area contributed by atoms with Gasteiger partial charge in [-0.15, -0.1) is 11.3 Å². The highest BCUT2D eigenvalue weighted by Crippen LogP contribution is 2.33. The number of aliphatic carboxylic acids is 1. The number of thiazole rings is 1. The first-order valence-corrected chi connectivity index (χ1v) is 9.41. The number of benzene rings is 1. The maximum absolute atomic E-state index is 13.1. The molecule has 5 nitrogen and oxygen atoms in total. The van der Waals surface area contributed by atoms with Gasteiger partial charge in [-0.2, -0.15) is 0 Å². The molecule has 0 unspecified atom stereocenters. The van der Waals surface area contributed by atoms with E-state index in [-0.39, 0.29) is 24.6 Å². The number of rotatable bonds is 9. The van der Waals surface area contributed by atoms with Crippen molar-refractivity contribution in [3.8, 4) is 10.6 Å². The summed E-state index contributed by atoms with van der Waals surface area (Å²) in [6.45, 7) is 4.14. The van der Waals surface area contributed by atoms with Crippen LogP contribution in [-0.4, -0.2) is 38.5 Å². The smallest absolute Gasteiger partial charge is 0.305 e. The number of carboxylic acid groups (broad SMARTS) is 1. The Kier molecular flexibility index (Phi) is 7.25. The van der Waals surface area contributed by atoms with Crippen LogP contribution in [0.25, 0.3) is 10.6 Å². The number of nitrogens with zero attached hydrogens (tertiary/aromatic N) is 1. The summed E-state index contributed by atoms with van der Waals surface area (Å²) in [4.78, 5) is 16.3. The van der Waals surface area contributed by atoms with E-state index in [1.807, 2.05) is 0 Å². The van der Waals surface area contributed by atoms with E-state index in [9.17, 15) is 19.4 Å². The van der Waals surface area contributed by atoms with Gasteiger partial charge >= 0.3 is 5.97 Å². The summed E-state index contributed by atoms with van der Waals surface area (Å²) >= 11 is 1.56. The largest absolute Gasteiger partial charge is 0.481 e. The number of aliphatic hydroxyl groups excluding tert-OH is 2. The molecule has 7 heteroatoms. The lowest BCUT2D eigenvalue weighted by atomic mass is 10.0. The number of halogens is 1. The molecule has 0 aliphatic carbocycles. The van der Waals surface area contributed by atoms with E-state index in [2.05, 4.69) is 18.8 Å². The SMILES string of the molecule is CC(C)c1sc(-c2ccc(F)cc2)nc1CC[C@H](O)C[C@H](O)CC(=O)O. The molecule has 0 fully saturated rings. The number of aliphatic hydroxyl groups is 2. The first-order valence-electron chi connectivity index (χ1n) is 8.59. The zero-order valence-corrected chi connectivity index (χ0v) is 15.7. The summed E-state index contributed by atoms with van der Waals surface area (Å²) in [6.07, 6.45) is -1.27. The van der Waals surface area contributed by atoms with E-state index >= 15 is 0 Å². The number of carbonyl (C=O) groups is 1. The summed E-state index contributed by atoms with van der Waals surface area (Å²) < 4.78 is 13.1. The van der Waals surface area contributed by atoms with Crippen molar-refractivity contribution in [1.29, 1.82) is 0 Å². The average molecular weight is 381 g/mol. The molecule has 2 atom stereocenters. The number of hydrogen-bond donors (Lipinski definition) is 3. The van der Waals surface area contributed by atoms with E-state index in [0.717, 1.165) is 21.1 Å². The molecule has 0 amide bonds. The molecule has 1 heterocycles. The summed E-state index contributed by atoms with van der Waals surface area (Å²) in [6, 6.07) is 6.19. The fourth-order valence-electron chi connectivity index (χ4n) is 2.73. The summed E-state index contributed by atoms with van der Waals surface area (Å²) in [5.41, 5.74) is 1.73. The van der Waals surface area contributed by atoms with E-state index in [1.54, 1.807) is 23.5 Å². The van der Waals surface area contributed by atoms with Crippen molar-refractivity contribution in [1.82, 2.24) is 4.98 Å². The number of hydrogen-bond acceptors (Lipinski definition) is 5. The van der Waals surface area contributed by atoms with E-state index in [1.165, 1.54) is 12.1 Å². The molecule has 142 valence electrons. The van der Waals surface area contributed by atoms with Gasteiger partial charge in [-0.1, -0.05) is 13.8 Å². The van der Waals surface area contributed by atoms with Gasteiger partial charge in [0.15, 0.2) is 0 Å². The van der Waals surface area contributed by atoms with Gasteiger partial charge in [0.1, 0.15) is 10.8 Å². The third-order valence-electron chi connectivity index (χ3n) is 4.01. The molecule has 0 radical (unpaired) electrons. The van der Waals surface area contributed by atoms with Gasteiger partial charge in [0.25, 0.3) is 0 Å². The van der Waals surface area contributed by atoms with Gasteiger partial charge in [0.05, 0.1) is 24.3 Å². The van der Waals surface area contributed by atoms with Crippen molar-refractivity contribution in [3.63, 3.8) is 0 Å². The van der Waals surface area contributed by atoms with E-state index in [0.29, 0.717) is 12.8 Å². The number of aryl methyl sites for hydroxylation is 1. The molecule has 0 aliphatic heterocycles. The molecule has 3 N–H and O–H groups in total. The Morgan fingerprint density at radius 2 is 1.85 bits per heavy atom. The van der Waals surface area contributed by atoms with E-state index in [4.69, 9.17) is 5.11 Å². The molecular formula is C19H24FNO4S. The topological polar surface area (TPSA) is 90.7 Å². The highest BCUT2D eigenvalue weighted by molar-refractivity contribution is 7.15. The van der Waals surface area contributed by atoms with Gasteiger partial charge in [-0.3, -0.25) is 4.79 Å². The molecular weight excluding hydrogens is 357 g/mol. The lowest BCUT2D eigenvalue weighted by Gasteiger charge is -2.14. The number of aromatic nitrogens is 1. The Morgan fingerprint density at radius 3 is 2.42 bits per heavy atom.